The monoisotopic (exact) mass is 262 g/mol. The van der Waals surface area contributed by atoms with Gasteiger partial charge in [0.05, 0.1) is 5.60 Å². The quantitative estimate of drug-likeness (QED) is 0.872. The first kappa shape index (κ1) is 14.5. The zero-order valence-corrected chi connectivity index (χ0v) is 11.9. The minimum absolute atomic E-state index is 0.558. The van der Waals surface area contributed by atoms with Crippen molar-refractivity contribution in [1.29, 1.82) is 0 Å². The third-order valence-electron chi connectivity index (χ3n) is 4.04. The van der Waals surface area contributed by atoms with Crippen molar-refractivity contribution >= 4 is 0 Å². The number of rotatable bonds is 4. The standard InChI is InChI=1S/C16H26N2O/c1-14-7-10-18(12-15-5-3-2-4-6-15)13-16(19,11-14)8-9-17/h2-6,14,19H,7-13,17H2,1H3. The molecule has 2 unspecified atom stereocenters. The molecule has 0 aromatic heterocycles. The van der Waals surface area contributed by atoms with Gasteiger partial charge in [-0.15, -0.1) is 0 Å². The molecular weight excluding hydrogens is 236 g/mol. The van der Waals surface area contributed by atoms with Gasteiger partial charge < -0.3 is 10.8 Å². The maximum Gasteiger partial charge on any atom is 0.0788 e. The number of β-amino-alcohol motifs (C(OH)–C–C–N with tert-alkyl or cyclic N) is 1. The second-order valence-corrected chi connectivity index (χ2v) is 6.06. The molecule has 1 heterocycles. The summed E-state index contributed by atoms with van der Waals surface area (Å²) in [5.41, 5.74) is 6.36. The van der Waals surface area contributed by atoms with Crippen LogP contribution in [0.15, 0.2) is 30.3 Å². The molecule has 0 radical (unpaired) electrons. The van der Waals surface area contributed by atoms with E-state index in [1.807, 2.05) is 6.07 Å². The van der Waals surface area contributed by atoms with Gasteiger partial charge in [-0.1, -0.05) is 37.3 Å². The second kappa shape index (κ2) is 6.51. The van der Waals surface area contributed by atoms with Crippen LogP contribution in [-0.2, 0) is 6.54 Å². The molecule has 1 aliphatic heterocycles. The number of hydrogen-bond donors (Lipinski definition) is 2. The van der Waals surface area contributed by atoms with Crippen molar-refractivity contribution in [2.24, 2.45) is 11.7 Å². The van der Waals surface area contributed by atoms with Gasteiger partial charge in [0.1, 0.15) is 0 Å². The Hall–Kier alpha value is -0.900. The summed E-state index contributed by atoms with van der Waals surface area (Å²) < 4.78 is 0. The fourth-order valence-electron chi connectivity index (χ4n) is 3.14. The van der Waals surface area contributed by atoms with Crippen molar-refractivity contribution < 1.29 is 5.11 Å². The molecule has 3 N–H and O–H groups in total. The van der Waals surface area contributed by atoms with Crippen molar-refractivity contribution in [1.82, 2.24) is 4.90 Å². The first-order valence-electron chi connectivity index (χ1n) is 7.30. The smallest absolute Gasteiger partial charge is 0.0788 e. The summed E-state index contributed by atoms with van der Waals surface area (Å²) in [5, 5.41) is 10.7. The molecule has 3 heteroatoms. The Morgan fingerprint density at radius 2 is 2.11 bits per heavy atom. The normalized spacial score (nSPS) is 29.1. The van der Waals surface area contributed by atoms with Crippen molar-refractivity contribution in [3.8, 4) is 0 Å². The summed E-state index contributed by atoms with van der Waals surface area (Å²) in [5.74, 6) is 0.567. The summed E-state index contributed by atoms with van der Waals surface area (Å²) in [6.45, 7) is 5.50. The number of hydrogen-bond acceptors (Lipinski definition) is 3. The lowest BCUT2D eigenvalue weighted by Gasteiger charge is -2.32. The number of nitrogens with two attached hydrogens (primary N) is 1. The molecule has 0 bridgehead atoms. The van der Waals surface area contributed by atoms with E-state index in [-0.39, 0.29) is 0 Å². The Morgan fingerprint density at radius 3 is 2.79 bits per heavy atom. The van der Waals surface area contributed by atoms with Crippen molar-refractivity contribution in [3.05, 3.63) is 35.9 Å². The van der Waals surface area contributed by atoms with Crippen LogP contribution in [0.3, 0.4) is 0 Å². The third kappa shape index (κ3) is 4.30. The molecule has 19 heavy (non-hydrogen) atoms. The summed E-state index contributed by atoms with van der Waals surface area (Å²) in [4.78, 5) is 2.37. The van der Waals surface area contributed by atoms with Gasteiger partial charge in [-0.2, -0.15) is 0 Å². The minimum Gasteiger partial charge on any atom is -0.388 e. The molecule has 1 fully saturated rings. The molecule has 1 aromatic rings. The number of nitrogens with zero attached hydrogens (tertiary/aromatic N) is 1. The predicted molar refractivity (Wildman–Crippen MR) is 78.7 cm³/mol. The number of benzene rings is 1. The summed E-state index contributed by atoms with van der Waals surface area (Å²) in [7, 11) is 0. The Labute approximate surface area is 116 Å². The SMILES string of the molecule is CC1CCN(Cc2ccccc2)CC(O)(CCN)C1. The average molecular weight is 262 g/mol. The Kier molecular flexibility index (Phi) is 4.97. The van der Waals surface area contributed by atoms with Crippen LogP contribution in [0.4, 0.5) is 0 Å². The molecule has 2 rings (SSSR count). The van der Waals surface area contributed by atoms with Gasteiger partial charge in [0.15, 0.2) is 0 Å². The molecule has 0 aliphatic carbocycles. The van der Waals surface area contributed by atoms with Crippen LogP contribution in [0.1, 0.15) is 31.7 Å². The minimum atomic E-state index is -0.612. The first-order chi connectivity index (χ1) is 9.11. The zero-order chi connectivity index (χ0) is 13.7. The third-order valence-corrected chi connectivity index (χ3v) is 4.04. The second-order valence-electron chi connectivity index (χ2n) is 6.06. The van der Waals surface area contributed by atoms with E-state index in [4.69, 9.17) is 5.73 Å². The molecule has 0 amide bonds. The van der Waals surface area contributed by atoms with E-state index in [0.717, 1.165) is 32.5 Å². The van der Waals surface area contributed by atoms with E-state index >= 15 is 0 Å². The predicted octanol–water partition coefficient (Wildman–Crippen LogP) is 2.00. The lowest BCUT2D eigenvalue weighted by atomic mass is 9.88. The van der Waals surface area contributed by atoms with Gasteiger partial charge in [0.2, 0.25) is 0 Å². The van der Waals surface area contributed by atoms with E-state index < -0.39 is 5.60 Å². The van der Waals surface area contributed by atoms with E-state index in [1.54, 1.807) is 0 Å². The Bertz CT molecular complexity index is 382. The molecule has 1 aliphatic rings. The van der Waals surface area contributed by atoms with Crippen molar-refractivity contribution in [3.63, 3.8) is 0 Å². The summed E-state index contributed by atoms with van der Waals surface area (Å²) >= 11 is 0. The molecule has 1 saturated heterocycles. The van der Waals surface area contributed by atoms with Crippen LogP contribution in [0, 0.1) is 5.92 Å². The highest BCUT2D eigenvalue weighted by Crippen LogP contribution is 2.28. The summed E-state index contributed by atoms with van der Waals surface area (Å²) in [6.07, 6.45) is 2.72. The van der Waals surface area contributed by atoms with E-state index in [1.165, 1.54) is 5.56 Å². The van der Waals surface area contributed by atoms with Gasteiger partial charge >= 0.3 is 0 Å². The topological polar surface area (TPSA) is 49.5 Å². The fraction of sp³-hybridized carbons (Fsp3) is 0.625. The average Bonchev–Trinajstić information content (AvgIpc) is 2.50. The number of likely N-dealkylation sites (tertiary alicyclic amines) is 1. The maximum absolute atomic E-state index is 10.7. The van der Waals surface area contributed by atoms with E-state index in [2.05, 4.69) is 36.1 Å². The molecule has 106 valence electrons. The maximum atomic E-state index is 10.7. The van der Waals surface area contributed by atoms with Gasteiger partial charge in [-0.25, -0.2) is 0 Å². The zero-order valence-electron chi connectivity index (χ0n) is 11.9. The highest BCUT2D eigenvalue weighted by molar-refractivity contribution is 5.14. The highest BCUT2D eigenvalue weighted by atomic mass is 16.3. The largest absolute Gasteiger partial charge is 0.388 e. The lowest BCUT2D eigenvalue weighted by molar-refractivity contribution is -0.00671. The lowest BCUT2D eigenvalue weighted by Crippen LogP contribution is -2.43. The van der Waals surface area contributed by atoms with E-state index in [9.17, 15) is 5.11 Å². The van der Waals surface area contributed by atoms with E-state index in [0.29, 0.717) is 18.9 Å². The first-order valence-corrected chi connectivity index (χ1v) is 7.30. The van der Waals surface area contributed by atoms with Crippen molar-refractivity contribution in [2.45, 2.75) is 38.3 Å². The van der Waals surface area contributed by atoms with Gasteiger partial charge in [0, 0.05) is 13.1 Å². The molecule has 2 atom stereocenters. The van der Waals surface area contributed by atoms with Gasteiger partial charge in [-0.05, 0) is 43.8 Å². The Balaban J connectivity index is 2.04. The molecular formula is C16H26N2O. The summed E-state index contributed by atoms with van der Waals surface area (Å²) in [6, 6.07) is 10.5. The van der Waals surface area contributed by atoms with Gasteiger partial charge in [0.25, 0.3) is 0 Å². The highest BCUT2D eigenvalue weighted by Gasteiger charge is 2.33. The molecule has 0 saturated carbocycles. The van der Waals surface area contributed by atoms with Gasteiger partial charge in [-0.3, -0.25) is 4.90 Å². The van der Waals surface area contributed by atoms with Crippen LogP contribution in [0.5, 0.6) is 0 Å². The molecule has 1 aromatic carbocycles. The Morgan fingerprint density at radius 1 is 1.37 bits per heavy atom. The number of aliphatic hydroxyl groups is 1. The fourth-order valence-corrected chi connectivity index (χ4v) is 3.14. The van der Waals surface area contributed by atoms with Crippen LogP contribution in [-0.4, -0.2) is 35.2 Å². The molecule has 3 nitrogen and oxygen atoms in total. The molecule has 0 spiro atoms. The van der Waals surface area contributed by atoms with Crippen LogP contribution < -0.4 is 5.73 Å². The van der Waals surface area contributed by atoms with Crippen LogP contribution >= 0.6 is 0 Å². The van der Waals surface area contributed by atoms with Crippen LogP contribution in [0.25, 0.3) is 0 Å². The van der Waals surface area contributed by atoms with Crippen molar-refractivity contribution in [2.75, 3.05) is 19.6 Å². The van der Waals surface area contributed by atoms with Crippen LogP contribution in [0.2, 0.25) is 0 Å².